The van der Waals surface area contributed by atoms with Gasteiger partial charge in [-0.25, -0.2) is 9.97 Å². The molecule has 0 saturated carbocycles. The number of ether oxygens (including phenoxy) is 1. The second-order valence-corrected chi connectivity index (χ2v) is 4.94. The number of nitrogens with one attached hydrogen (secondary N) is 2. The Morgan fingerprint density at radius 3 is 3.20 bits per heavy atom. The first-order valence-corrected chi connectivity index (χ1v) is 6.60. The Hall–Kier alpha value is -1.99. The Morgan fingerprint density at radius 1 is 1.55 bits per heavy atom. The lowest BCUT2D eigenvalue weighted by atomic mass is 10.2. The van der Waals surface area contributed by atoms with Crippen LogP contribution in [-0.2, 0) is 11.3 Å². The Labute approximate surface area is 116 Å². The van der Waals surface area contributed by atoms with Crippen molar-refractivity contribution >= 4 is 0 Å². The highest BCUT2D eigenvalue weighted by Crippen LogP contribution is 2.19. The minimum Gasteiger partial charge on any atom is -0.368 e. The first-order valence-electron chi connectivity index (χ1n) is 6.60. The van der Waals surface area contributed by atoms with Gasteiger partial charge in [0, 0.05) is 43.3 Å². The summed E-state index contributed by atoms with van der Waals surface area (Å²) in [4.78, 5) is 28.0. The maximum absolute atomic E-state index is 11.5. The molecule has 7 heteroatoms. The molecule has 0 spiro atoms. The quantitative estimate of drug-likeness (QED) is 0.845. The molecule has 1 atom stereocenters. The van der Waals surface area contributed by atoms with Gasteiger partial charge in [0.05, 0.1) is 12.9 Å². The maximum Gasteiger partial charge on any atom is 0.251 e. The van der Waals surface area contributed by atoms with E-state index < -0.39 is 0 Å². The van der Waals surface area contributed by atoms with Crippen LogP contribution in [-0.4, -0.2) is 44.5 Å². The highest BCUT2D eigenvalue weighted by atomic mass is 16.5. The highest BCUT2D eigenvalue weighted by molar-refractivity contribution is 5.04. The summed E-state index contributed by atoms with van der Waals surface area (Å²) in [5.74, 6) is 0.601. The van der Waals surface area contributed by atoms with Gasteiger partial charge in [-0.3, -0.25) is 9.69 Å². The van der Waals surface area contributed by atoms with Gasteiger partial charge in [0.2, 0.25) is 0 Å². The lowest BCUT2D eigenvalue weighted by Crippen LogP contribution is -2.39. The van der Waals surface area contributed by atoms with Crippen LogP contribution in [0.2, 0.25) is 0 Å². The number of morpholine rings is 1. The molecule has 106 valence electrons. The largest absolute Gasteiger partial charge is 0.368 e. The van der Waals surface area contributed by atoms with Crippen molar-refractivity contribution in [3.05, 3.63) is 46.2 Å². The van der Waals surface area contributed by atoms with E-state index in [9.17, 15) is 4.79 Å². The van der Waals surface area contributed by atoms with Gasteiger partial charge in [-0.2, -0.15) is 0 Å². The van der Waals surface area contributed by atoms with Crippen molar-refractivity contribution in [3.63, 3.8) is 0 Å². The van der Waals surface area contributed by atoms with Gasteiger partial charge in [-0.15, -0.1) is 0 Å². The number of hydrogen-bond acceptors (Lipinski definition) is 5. The summed E-state index contributed by atoms with van der Waals surface area (Å²) in [6, 6.07) is 1.48. The summed E-state index contributed by atoms with van der Waals surface area (Å²) < 4.78 is 5.72. The van der Waals surface area contributed by atoms with E-state index >= 15 is 0 Å². The SMILES string of the molecule is Cc1cc(=O)[nH]c(C2CN(Cc3cnc[nH]3)CCO2)n1. The van der Waals surface area contributed by atoms with E-state index in [4.69, 9.17) is 4.74 Å². The third kappa shape index (κ3) is 2.94. The molecule has 0 radical (unpaired) electrons. The molecule has 0 bridgehead atoms. The molecule has 1 aliphatic rings. The number of imidazole rings is 1. The number of aryl methyl sites for hydroxylation is 1. The fourth-order valence-electron chi connectivity index (χ4n) is 2.38. The van der Waals surface area contributed by atoms with Crippen LogP contribution in [0.3, 0.4) is 0 Å². The van der Waals surface area contributed by atoms with Crippen molar-refractivity contribution in [2.75, 3.05) is 19.7 Å². The van der Waals surface area contributed by atoms with Gasteiger partial charge in [-0.05, 0) is 6.92 Å². The molecule has 0 amide bonds. The Balaban J connectivity index is 1.72. The average Bonchev–Trinajstić information content (AvgIpc) is 2.91. The molecule has 2 aromatic rings. The van der Waals surface area contributed by atoms with Crippen LogP contribution < -0.4 is 5.56 Å². The van der Waals surface area contributed by atoms with Crippen molar-refractivity contribution in [2.45, 2.75) is 19.6 Å². The number of H-pyrrole nitrogens is 2. The molecule has 7 nitrogen and oxygen atoms in total. The van der Waals surface area contributed by atoms with Crippen molar-refractivity contribution in [1.29, 1.82) is 0 Å². The zero-order chi connectivity index (χ0) is 13.9. The van der Waals surface area contributed by atoms with Gasteiger partial charge < -0.3 is 14.7 Å². The van der Waals surface area contributed by atoms with Crippen molar-refractivity contribution in [1.82, 2.24) is 24.8 Å². The van der Waals surface area contributed by atoms with Crippen LogP contribution in [0, 0.1) is 6.92 Å². The molecule has 1 fully saturated rings. The number of hydrogen-bond donors (Lipinski definition) is 2. The molecular weight excluding hydrogens is 258 g/mol. The second kappa shape index (κ2) is 5.56. The van der Waals surface area contributed by atoms with Gasteiger partial charge in [0.1, 0.15) is 11.9 Å². The maximum atomic E-state index is 11.5. The van der Waals surface area contributed by atoms with Crippen molar-refractivity contribution in [3.8, 4) is 0 Å². The summed E-state index contributed by atoms with van der Waals surface area (Å²) in [5, 5.41) is 0. The fourth-order valence-corrected chi connectivity index (χ4v) is 2.38. The van der Waals surface area contributed by atoms with E-state index in [1.807, 2.05) is 13.1 Å². The molecule has 0 aromatic carbocycles. The molecule has 3 heterocycles. The van der Waals surface area contributed by atoms with Crippen molar-refractivity contribution < 1.29 is 4.74 Å². The van der Waals surface area contributed by atoms with E-state index in [0.29, 0.717) is 24.7 Å². The van der Waals surface area contributed by atoms with E-state index in [0.717, 1.165) is 18.8 Å². The third-order valence-corrected chi connectivity index (χ3v) is 3.29. The van der Waals surface area contributed by atoms with Crippen LogP contribution in [0.1, 0.15) is 23.3 Å². The average molecular weight is 275 g/mol. The van der Waals surface area contributed by atoms with E-state index in [-0.39, 0.29) is 11.7 Å². The normalized spacial score (nSPS) is 20.1. The lowest BCUT2D eigenvalue weighted by molar-refractivity contribution is -0.0377. The lowest BCUT2D eigenvalue weighted by Gasteiger charge is -2.31. The van der Waals surface area contributed by atoms with Crippen LogP contribution in [0.5, 0.6) is 0 Å². The first-order chi connectivity index (χ1) is 9.70. The van der Waals surface area contributed by atoms with Gasteiger partial charge >= 0.3 is 0 Å². The number of rotatable bonds is 3. The summed E-state index contributed by atoms with van der Waals surface area (Å²) in [6.07, 6.45) is 3.30. The second-order valence-electron chi connectivity index (χ2n) is 4.94. The standard InChI is InChI=1S/C13H17N5O2/c1-9-4-12(19)17-13(16-9)11-7-18(2-3-20-11)6-10-5-14-8-15-10/h4-5,8,11H,2-3,6-7H2,1H3,(H,14,15)(H,16,17,19). The summed E-state index contributed by atoms with van der Waals surface area (Å²) in [7, 11) is 0. The summed E-state index contributed by atoms with van der Waals surface area (Å²) >= 11 is 0. The molecule has 1 unspecified atom stereocenters. The molecular formula is C13H17N5O2. The van der Waals surface area contributed by atoms with Crippen LogP contribution in [0.4, 0.5) is 0 Å². The fraction of sp³-hybridized carbons (Fsp3) is 0.462. The van der Waals surface area contributed by atoms with Crippen LogP contribution in [0.15, 0.2) is 23.4 Å². The van der Waals surface area contributed by atoms with Gasteiger partial charge in [0.25, 0.3) is 5.56 Å². The predicted molar refractivity (Wildman–Crippen MR) is 72.2 cm³/mol. The summed E-state index contributed by atoms with van der Waals surface area (Å²) in [5.41, 5.74) is 1.64. The molecule has 1 saturated heterocycles. The Morgan fingerprint density at radius 2 is 2.45 bits per heavy atom. The van der Waals surface area contributed by atoms with Crippen LogP contribution in [0.25, 0.3) is 0 Å². The smallest absolute Gasteiger partial charge is 0.251 e. The van der Waals surface area contributed by atoms with Crippen molar-refractivity contribution in [2.24, 2.45) is 0 Å². The van der Waals surface area contributed by atoms with Gasteiger partial charge in [-0.1, -0.05) is 0 Å². The number of nitrogens with zero attached hydrogens (tertiary/aromatic N) is 3. The molecule has 3 rings (SSSR count). The first kappa shape index (κ1) is 13.0. The highest BCUT2D eigenvalue weighted by Gasteiger charge is 2.24. The molecule has 2 N–H and O–H groups in total. The minimum absolute atomic E-state index is 0.137. The van der Waals surface area contributed by atoms with Crippen LogP contribution >= 0.6 is 0 Å². The molecule has 2 aromatic heterocycles. The Kier molecular flexibility index (Phi) is 3.62. The van der Waals surface area contributed by atoms with E-state index in [1.54, 1.807) is 6.33 Å². The molecule has 1 aliphatic heterocycles. The number of aromatic amines is 2. The summed E-state index contributed by atoms with van der Waals surface area (Å²) in [6.45, 7) is 4.77. The predicted octanol–water partition coefficient (Wildman–Crippen LogP) is 0.375. The Bertz CT molecular complexity index is 622. The number of aromatic nitrogens is 4. The molecule has 0 aliphatic carbocycles. The van der Waals surface area contributed by atoms with E-state index in [2.05, 4.69) is 24.8 Å². The van der Waals surface area contributed by atoms with E-state index in [1.165, 1.54) is 6.07 Å². The topological polar surface area (TPSA) is 86.9 Å². The molecule has 20 heavy (non-hydrogen) atoms. The monoisotopic (exact) mass is 275 g/mol. The van der Waals surface area contributed by atoms with Gasteiger partial charge in [0.15, 0.2) is 0 Å². The third-order valence-electron chi connectivity index (χ3n) is 3.29. The minimum atomic E-state index is -0.195. The zero-order valence-corrected chi connectivity index (χ0v) is 11.3. The zero-order valence-electron chi connectivity index (χ0n) is 11.3.